The van der Waals surface area contributed by atoms with E-state index >= 15 is 0 Å². The van der Waals surface area contributed by atoms with Crippen molar-refractivity contribution in [2.45, 2.75) is 41.0 Å². The summed E-state index contributed by atoms with van der Waals surface area (Å²) >= 11 is 0. The zero-order valence-corrected chi connectivity index (χ0v) is 11.2. The van der Waals surface area contributed by atoms with Crippen LogP contribution < -0.4 is 4.90 Å². The van der Waals surface area contributed by atoms with Gasteiger partial charge in [-0.3, -0.25) is 0 Å². The second-order valence-electron chi connectivity index (χ2n) is 5.43. The SMILES string of the molecule is CCN(CC)c1ccc(CC(C)(C)C)cn1. The van der Waals surface area contributed by atoms with Gasteiger partial charge < -0.3 is 4.90 Å². The normalized spacial score (nSPS) is 11.6. The highest BCUT2D eigenvalue weighted by Crippen LogP contribution is 2.21. The fraction of sp³-hybridized carbons (Fsp3) is 0.643. The van der Waals surface area contributed by atoms with E-state index in [9.17, 15) is 0 Å². The Bertz CT molecular complexity index is 305. The summed E-state index contributed by atoms with van der Waals surface area (Å²) in [5, 5.41) is 0. The summed E-state index contributed by atoms with van der Waals surface area (Å²) in [4.78, 5) is 6.80. The van der Waals surface area contributed by atoms with Crippen LogP contribution in [0.4, 0.5) is 5.82 Å². The van der Waals surface area contributed by atoms with Crippen molar-refractivity contribution in [1.82, 2.24) is 4.98 Å². The fourth-order valence-corrected chi connectivity index (χ4v) is 1.87. The highest BCUT2D eigenvalue weighted by Gasteiger charge is 2.11. The molecule has 2 heteroatoms. The molecule has 0 saturated heterocycles. The van der Waals surface area contributed by atoms with E-state index in [1.807, 2.05) is 6.20 Å². The lowest BCUT2D eigenvalue weighted by Gasteiger charge is -2.21. The molecule has 0 aliphatic carbocycles. The number of nitrogens with zero attached hydrogens (tertiary/aromatic N) is 2. The van der Waals surface area contributed by atoms with Crippen LogP contribution in [0.3, 0.4) is 0 Å². The standard InChI is InChI=1S/C14H24N2/c1-6-16(7-2)13-9-8-12(11-15-13)10-14(3,4)5/h8-9,11H,6-7,10H2,1-5H3. The molecule has 0 aliphatic heterocycles. The Morgan fingerprint density at radius 2 is 1.75 bits per heavy atom. The molecule has 0 fully saturated rings. The summed E-state index contributed by atoms with van der Waals surface area (Å²) in [5.41, 5.74) is 1.65. The van der Waals surface area contributed by atoms with Crippen molar-refractivity contribution in [3.63, 3.8) is 0 Å². The molecule has 2 nitrogen and oxygen atoms in total. The summed E-state index contributed by atoms with van der Waals surface area (Å²) in [7, 11) is 0. The molecule has 0 spiro atoms. The molecule has 0 aliphatic rings. The predicted molar refractivity (Wildman–Crippen MR) is 71.0 cm³/mol. The fourth-order valence-electron chi connectivity index (χ4n) is 1.87. The molecule has 0 N–H and O–H groups in total. The van der Waals surface area contributed by atoms with E-state index in [1.54, 1.807) is 0 Å². The summed E-state index contributed by atoms with van der Waals surface area (Å²) < 4.78 is 0. The smallest absolute Gasteiger partial charge is 0.128 e. The summed E-state index contributed by atoms with van der Waals surface area (Å²) in [6, 6.07) is 4.33. The molecule has 1 heterocycles. The van der Waals surface area contributed by atoms with Gasteiger partial charge >= 0.3 is 0 Å². The molecule has 1 rings (SSSR count). The van der Waals surface area contributed by atoms with Crippen molar-refractivity contribution in [1.29, 1.82) is 0 Å². The summed E-state index contributed by atoms with van der Waals surface area (Å²) in [6.45, 7) is 13.1. The number of hydrogen-bond acceptors (Lipinski definition) is 2. The molecule has 1 aromatic rings. The zero-order valence-electron chi connectivity index (χ0n) is 11.2. The average molecular weight is 220 g/mol. The van der Waals surface area contributed by atoms with E-state index in [1.165, 1.54) is 5.56 Å². The Morgan fingerprint density at radius 1 is 1.12 bits per heavy atom. The van der Waals surface area contributed by atoms with Crippen molar-refractivity contribution in [3.05, 3.63) is 23.9 Å². The molecule has 16 heavy (non-hydrogen) atoms. The predicted octanol–water partition coefficient (Wildman–Crippen LogP) is 3.52. The van der Waals surface area contributed by atoms with Gasteiger partial charge in [0, 0.05) is 19.3 Å². The van der Waals surface area contributed by atoms with E-state index < -0.39 is 0 Å². The lowest BCUT2D eigenvalue weighted by molar-refractivity contribution is 0.411. The van der Waals surface area contributed by atoms with Gasteiger partial charge in [-0.1, -0.05) is 26.8 Å². The molecule has 0 amide bonds. The Balaban J connectivity index is 2.75. The van der Waals surface area contributed by atoms with E-state index in [0.717, 1.165) is 25.3 Å². The van der Waals surface area contributed by atoms with Crippen LogP contribution in [0.15, 0.2) is 18.3 Å². The molecule has 0 atom stereocenters. The second kappa shape index (κ2) is 5.33. The van der Waals surface area contributed by atoms with Crippen LogP contribution in [0.25, 0.3) is 0 Å². The molecular weight excluding hydrogens is 196 g/mol. The lowest BCUT2D eigenvalue weighted by atomic mass is 9.89. The van der Waals surface area contributed by atoms with Gasteiger partial charge in [0.05, 0.1) is 0 Å². The van der Waals surface area contributed by atoms with Gasteiger partial charge in [-0.05, 0) is 37.3 Å². The molecular formula is C14H24N2. The minimum atomic E-state index is 0.332. The van der Waals surface area contributed by atoms with Crippen LogP contribution in [0.5, 0.6) is 0 Å². The monoisotopic (exact) mass is 220 g/mol. The second-order valence-corrected chi connectivity index (χ2v) is 5.43. The number of hydrogen-bond donors (Lipinski definition) is 0. The number of aromatic nitrogens is 1. The average Bonchev–Trinajstić information content (AvgIpc) is 2.20. The van der Waals surface area contributed by atoms with Gasteiger partial charge in [-0.15, -0.1) is 0 Å². The molecule has 1 aromatic heterocycles. The Hall–Kier alpha value is -1.05. The summed E-state index contributed by atoms with van der Waals surface area (Å²) in [6.07, 6.45) is 3.09. The lowest BCUT2D eigenvalue weighted by Crippen LogP contribution is -2.22. The van der Waals surface area contributed by atoms with Crippen molar-refractivity contribution in [2.24, 2.45) is 5.41 Å². The highest BCUT2D eigenvalue weighted by molar-refractivity contribution is 5.39. The summed E-state index contributed by atoms with van der Waals surface area (Å²) in [5.74, 6) is 1.09. The minimum absolute atomic E-state index is 0.332. The van der Waals surface area contributed by atoms with Crippen molar-refractivity contribution in [3.8, 4) is 0 Å². The minimum Gasteiger partial charge on any atom is -0.357 e. The maximum absolute atomic E-state index is 4.53. The van der Waals surface area contributed by atoms with Crippen molar-refractivity contribution in [2.75, 3.05) is 18.0 Å². The van der Waals surface area contributed by atoms with Crippen molar-refractivity contribution >= 4 is 5.82 Å². The van der Waals surface area contributed by atoms with Gasteiger partial charge in [0.1, 0.15) is 5.82 Å². The Labute approximate surface area is 99.7 Å². The zero-order chi connectivity index (χ0) is 12.2. The maximum atomic E-state index is 4.53. The third-order valence-electron chi connectivity index (χ3n) is 2.63. The van der Waals surface area contributed by atoms with E-state index in [2.05, 4.69) is 56.6 Å². The third-order valence-corrected chi connectivity index (χ3v) is 2.63. The molecule has 0 saturated carbocycles. The first-order chi connectivity index (χ1) is 7.46. The van der Waals surface area contributed by atoms with Crippen LogP contribution in [-0.4, -0.2) is 18.1 Å². The third kappa shape index (κ3) is 3.84. The van der Waals surface area contributed by atoms with Gasteiger partial charge in [0.15, 0.2) is 0 Å². The van der Waals surface area contributed by atoms with Gasteiger partial charge in [0.25, 0.3) is 0 Å². The topological polar surface area (TPSA) is 16.1 Å². The number of rotatable bonds is 4. The first kappa shape index (κ1) is 13.0. The first-order valence-corrected chi connectivity index (χ1v) is 6.16. The van der Waals surface area contributed by atoms with E-state index in [4.69, 9.17) is 0 Å². The number of pyridine rings is 1. The maximum Gasteiger partial charge on any atom is 0.128 e. The van der Waals surface area contributed by atoms with Crippen LogP contribution >= 0.6 is 0 Å². The molecule has 0 bridgehead atoms. The van der Waals surface area contributed by atoms with Crippen LogP contribution in [0.2, 0.25) is 0 Å². The molecule has 0 radical (unpaired) electrons. The Kier molecular flexibility index (Phi) is 4.34. The highest BCUT2D eigenvalue weighted by atomic mass is 15.2. The quantitative estimate of drug-likeness (QED) is 0.772. The van der Waals surface area contributed by atoms with Gasteiger partial charge in [0.2, 0.25) is 0 Å². The van der Waals surface area contributed by atoms with Gasteiger partial charge in [-0.2, -0.15) is 0 Å². The van der Waals surface area contributed by atoms with Gasteiger partial charge in [-0.25, -0.2) is 4.98 Å². The van der Waals surface area contributed by atoms with Crippen LogP contribution in [-0.2, 0) is 6.42 Å². The van der Waals surface area contributed by atoms with E-state index in [0.29, 0.717) is 5.41 Å². The largest absolute Gasteiger partial charge is 0.357 e. The van der Waals surface area contributed by atoms with Crippen molar-refractivity contribution < 1.29 is 0 Å². The first-order valence-electron chi connectivity index (χ1n) is 6.16. The Morgan fingerprint density at radius 3 is 2.12 bits per heavy atom. The van der Waals surface area contributed by atoms with E-state index in [-0.39, 0.29) is 0 Å². The van der Waals surface area contributed by atoms with Crippen LogP contribution in [0, 0.1) is 5.41 Å². The number of anilines is 1. The molecule has 90 valence electrons. The molecule has 0 unspecified atom stereocenters. The van der Waals surface area contributed by atoms with Crippen LogP contribution in [0.1, 0.15) is 40.2 Å². The molecule has 0 aromatic carbocycles.